The molecule has 1 aromatic carbocycles. The first kappa shape index (κ1) is 12.3. The number of nitrogens with zero attached hydrogens (tertiary/aromatic N) is 2. The number of benzene rings is 1. The van der Waals surface area contributed by atoms with Crippen LogP contribution in [0.1, 0.15) is 16.1 Å². The van der Waals surface area contributed by atoms with Gasteiger partial charge < -0.3 is 5.32 Å². The lowest BCUT2D eigenvalue weighted by atomic mass is 10.1. The molecule has 0 radical (unpaired) electrons. The van der Waals surface area contributed by atoms with Gasteiger partial charge in [-0.2, -0.15) is 0 Å². The van der Waals surface area contributed by atoms with Crippen molar-refractivity contribution in [2.45, 2.75) is 20.0 Å². The van der Waals surface area contributed by atoms with E-state index in [9.17, 15) is 0 Å². The van der Waals surface area contributed by atoms with Gasteiger partial charge in [0.15, 0.2) is 0 Å². The van der Waals surface area contributed by atoms with Gasteiger partial charge in [-0.3, -0.25) is 9.97 Å². The van der Waals surface area contributed by atoms with Gasteiger partial charge in [0.05, 0.1) is 11.0 Å². The van der Waals surface area contributed by atoms with Crippen LogP contribution in [0.4, 0.5) is 0 Å². The number of aromatic nitrogens is 2. The Morgan fingerprint density at radius 1 is 1.16 bits per heavy atom. The van der Waals surface area contributed by atoms with Crippen LogP contribution in [0.25, 0.3) is 10.9 Å². The summed E-state index contributed by atoms with van der Waals surface area (Å²) in [5.74, 6) is 0. The third kappa shape index (κ3) is 2.97. The monoisotopic (exact) mass is 269 g/mol. The van der Waals surface area contributed by atoms with Crippen molar-refractivity contribution in [2.75, 3.05) is 0 Å². The zero-order chi connectivity index (χ0) is 13.1. The Balaban J connectivity index is 1.69. The average Bonchev–Trinajstić information content (AvgIpc) is 2.92. The predicted octanol–water partition coefficient (Wildman–Crippen LogP) is 3.29. The summed E-state index contributed by atoms with van der Waals surface area (Å²) in [6.45, 7) is 3.75. The van der Waals surface area contributed by atoms with E-state index in [4.69, 9.17) is 0 Å². The SMILES string of the molecule is Cc1ccc2cc(CNCc3cncs3)ccc2n1. The van der Waals surface area contributed by atoms with Gasteiger partial charge in [0, 0.05) is 35.2 Å². The van der Waals surface area contributed by atoms with Crippen LogP contribution >= 0.6 is 11.3 Å². The van der Waals surface area contributed by atoms with E-state index in [1.54, 1.807) is 11.3 Å². The Labute approximate surface area is 116 Å². The fourth-order valence-electron chi connectivity index (χ4n) is 2.05. The number of rotatable bonds is 4. The van der Waals surface area contributed by atoms with Crippen LogP contribution in [-0.4, -0.2) is 9.97 Å². The number of aryl methyl sites for hydroxylation is 1. The Kier molecular flexibility index (Phi) is 3.53. The molecule has 0 aliphatic carbocycles. The molecule has 0 fully saturated rings. The fraction of sp³-hybridized carbons (Fsp3) is 0.200. The van der Waals surface area contributed by atoms with Crippen LogP contribution in [0.5, 0.6) is 0 Å². The second kappa shape index (κ2) is 5.47. The number of pyridine rings is 1. The van der Waals surface area contributed by atoms with Gasteiger partial charge in [0.1, 0.15) is 0 Å². The molecule has 2 heterocycles. The van der Waals surface area contributed by atoms with E-state index in [0.717, 1.165) is 24.3 Å². The van der Waals surface area contributed by atoms with E-state index in [-0.39, 0.29) is 0 Å². The molecule has 0 unspecified atom stereocenters. The van der Waals surface area contributed by atoms with Crippen molar-refractivity contribution in [1.29, 1.82) is 0 Å². The van der Waals surface area contributed by atoms with Crippen LogP contribution in [0, 0.1) is 6.92 Å². The standard InChI is InChI=1S/C15H15N3S/c1-11-2-4-13-6-12(3-5-15(13)18-11)7-16-8-14-9-17-10-19-14/h2-6,9-10,16H,7-8H2,1H3. The molecule has 0 aliphatic heterocycles. The Morgan fingerprint density at radius 2 is 2.11 bits per heavy atom. The smallest absolute Gasteiger partial charge is 0.0794 e. The van der Waals surface area contributed by atoms with Gasteiger partial charge in [-0.1, -0.05) is 12.1 Å². The number of fused-ring (bicyclic) bond motifs is 1. The van der Waals surface area contributed by atoms with Crippen LogP contribution in [0.15, 0.2) is 42.0 Å². The molecule has 0 saturated heterocycles. The number of thiazole rings is 1. The van der Waals surface area contributed by atoms with Gasteiger partial charge in [-0.05, 0) is 30.7 Å². The maximum Gasteiger partial charge on any atom is 0.0794 e. The Morgan fingerprint density at radius 3 is 2.95 bits per heavy atom. The number of hydrogen-bond acceptors (Lipinski definition) is 4. The van der Waals surface area contributed by atoms with Crippen molar-refractivity contribution in [3.63, 3.8) is 0 Å². The first-order valence-electron chi connectivity index (χ1n) is 6.26. The minimum absolute atomic E-state index is 0.863. The van der Waals surface area contributed by atoms with Crippen molar-refractivity contribution < 1.29 is 0 Å². The average molecular weight is 269 g/mol. The molecule has 4 heteroatoms. The summed E-state index contributed by atoms with van der Waals surface area (Å²) < 4.78 is 0. The van der Waals surface area contributed by atoms with Gasteiger partial charge in [-0.25, -0.2) is 0 Å². The molecule has 0 atom stereocenters. The summed E-state index contributed by atoms with van der Waals surface area (Å²) in [6, 6.07) is 10.6. The molecule has 0 saturated carbocycles. The van der Waals surface area contributed by atoms with E-state index < -0.39 is 0 Å². The summed E-state index contributed by atoms with van der Waals surface area (Å²) in [5.41, 5.74) is 5.26. The Bertz CT molecular complexity index is 677. The third-order valence-corrected chi connectivity index (χ3v) is 3.78. The second-order valence-electron chi connectivity index (χ2n) is 4.55. The van der Waals surface area contributed by atoms with Crippen molar-refractivity contribution in [3.05, 3.63) is 58.2 Å². The highest BCUT2D eigenvalue weighted by Crippen LogP contribution is 2.15. The predicted molar refractivity (Wildman–Crippen MR) is 79.1 cm³/mol. The quantitative estimate of drug-likeness (QED) is 0.789. The van der Waals surface area contributed by atoms with E-state index in [0.29, 0.717) is 0 Å². The van der Waals surface area contributed by atoms with Crippen molar-refractivity contribution >= 4 is 22.2 Å². The van der Waals surface area contributed by atoms with Crippen molar-refractivity contribution in [1.82, 2.24) is 15.3 Å². The summed E-state index contributed by atoms with van der Waals surface area (Å²) in [7, 11) is 0. The molecule has 0 spiro atoms. The minimum atomic E-state index is 0.863. The van der Waals surface area contributed by atoms with Gasteiger partial charge in [-0.15, -0.1) is 11.3 Å². The molecule has 96 valence electrons. The summed E-state index contributed by atoms with van der Waals surface area (Å²) >= 11 is 1.68. The first-order valence-corrected chi connectivity index (χ1v) is 7.13. The maximum absolute atomic E-state index is 4.51. The van der Waals surface area contributed by atoms with Gasteiger partial charge >= 0.3 is 0 Å². The molecule has 3 rings (SSSR count). The summed E-state index contributed by atoms with van der Waals surface area (Å²) in [4.78, 5) is 9.84. The maximum atomic E-state index is 4.51. The Hall–Kier alpha value is -1.78. The molecule has 0 bridgehead atoms. The molecule has 0 amide bonds. The molecule has 0 aliphatic rings. The summed E-state index contributed by atoms with van der Waals surface area (Å²) in [5, 5.41) is 4.63. The van der Waals surface area contributed by atoms with Crippen LogP contribution in [0.2, 0.25) is 0 Å². The summed E-state index contributed by atoms with van der Waals surface area (Å²) in [6.07, 6.45) is 1.91. The number of nitrogens with one attached hydrogen (secondary N) is 1. The van der Waals surface area contributed by atoms with Crippen molar-refractivity contribution in [3.8, 4) is 0 Å². The van der Waals surface area contributed by atoms with Gasteiger partial charge in [0.25, 0.3) is 0 Å². The van der Waals surface area contributed by atoms with Crippen LogP contribution in [0.3, 0.4) is 0 Å². The molecule has 3 aromatic rings. The highest BCUT2D eigenvalue weighted by Gasteiger charge is 1.99. The fourth-order valence-corrected chi connectivity index (χ4v) is 2.61. The molecule has 19 heavy (non-hydrogen) atoms. The third-order valence-electron chi connectivity index (χ3n) is 3.00. The van der Waals surface area contributed by atoms with Gasteiger partial charge in [0.2, 0.25) is 0 Å². The van der Waals surface area contributed by atoms with E-state index in [1.165, 1.54) is 15.8 Å². The topological polar surface area (TPSA) is 37.8 Å². The molecule has 1 N–H and O–H groups in total. The normalized spacial score (nSPS) is 11.0. The first-order chi connectivity index (χ1) is 9.31. The highest BCUT2D eigenvalue weighted by atomic mass is 32.1. The van der Waals surface area contributed by atoms with Crippen LogP contribution in [-0.2, 0) is 13.1 Å². The van der Waals surface area contributed by atoms with Crippen LogP contribution < -0.4 is 5.32 Å². The zero-order valence-corrected chi connectivity index (χ0v) is 11.6. The lowest BCUT2D eigenvalue weighted by Crippen LogP contribution is -2.11. The number of hydrogen-bond donors (Lipinski definition) is 1. The van der Waals surface area contributed by atoms with E-state index >= 15 is 0 Å². The highest BCUT2D eigenvalue weighted by molar-refractivity contribution is 7.09. The largest absolute Gasteiger partial charge is 0.308 e. The minimum Gasteiger partial charge on any atom is -0.308 e. The van der Waals surface area contributed by atoms with Crippen molar-refractivity contribution in [2.24, 2.45) is 0 Å². The molecule has 2 aromatic heterocycles. The lowest BCUT2D eigenvalue weighted by Gasteiger charge is -2.05. The lowest BCUT2D eigenvalue weighted by molar-refractivity contribution is 0.700. The van der Waals surface area contributed by atoms with E-state index in [2.05, 4.69) is 45.6 Å². The molecule has 3 nitrogen and oxygen atoms in total. The second-order valence-corrected chi connectivity index (χ2v) is 5.52. The molecular formula is C15H15N3S. The molecular weight excluding hydrogens is 254 g/mol. The zero-order valence-electron chi connectivity index (χ0n) is 10.8. The van der Waals surface area contributed by atoms with E-state index in [1.807, 2.05) is 18.6 Å².